The van der Waals surface area contributed by atoms with E-state index in [0.717, 1.165) is 16.6 Å². The maximum Gasteiger partial charge on any atom is 0.328 e. The first-order valence-electron chi connectivity index (χ1n) is 10.4. The number of aryl methyl sites for hydroxylation is 2. The minimum Gasteiger partial charge on any atom is -0.322 e. The van der Waals surface area contributed by atoms with E-state index in [2.05, 4.69) is 10.2 Å². The second kappa shape index (κ2) is 8.53. The van der Waals surface area contributed by atoms with Gasteiger partial charge in [-0.15, -0.1) is 0 Å². The van der Waals surface area contributed by atoms with Crippen LogP contribution in [0.3, 0.4) is 0 Å². The second-order valence-electron chi connectivity index (χ2n) is 8.20. The van der Waals surface area contributed by atoms with Gasteiger partial charge in [0.05, 0.1) is 17.3 Å². The fraction of sp³-hybridized carbons (Fsp3) is 0.364. The van der Waals surface area contributed by atoms with E-state index < -0.39 is 10.0 Å². The van der Waals surface area contributed by atoms with E-state index in [1.807, 2.05) is 24.3 Å². The minimum absolute atomic E-state index is 0.117. The molecule has 32 heavy (non-hydrogen) atoms. The summed E-state index contributed by atoms with van der Waals surface area (Å²) in [6.45, 7) is 2.91. The smallest absolute Gasteiger partial charge is 0.322 e. The van der Waals surface area contributed by atoms with Crippen molar-refractivity contribution in [2.24, 2.45) is 14.1 Å². The van der Waals surface area contributed by atoms with Crippen molar-refractivity contribution in [3.05, 3.63) is 64.1 Å². The molecule has 2 heterocycles. The van der Waals surface area contributed by atoms with Crippen LogP contribution < -0.4 is 11.0 Å². The van der Waals surface area contributed by atoms with Crippen molar-refractivity contribution in [1.82, 2.24) is 18.3 Å². The van der Waals surface area contributed by atoms with Crippen LogP contribution in [0.15, 0.2) is 47.3 Å². The Bertz CT molecular complexity index is 1330. The van der Waals surface area contributed by atoms with Gasteiger partial charge < -0.3 is 5.32 Å². The molecule has 0 aliphatic carbocycles. The molecule has 10 heteroatoms. The molecule has 0 bridgehead atoms. The van der Waals surface area contributed by atoms with Gasteiger partial charge in [-0.3, -0.25) is 18.8 Å². The van der Waals surface area contributed by atoms with Crippen molar-refractivity contribution >= 4 is 32.7 Å². The summed E-state index contributed by atoms with van der Waals surface area (Å²) in [5.74, 6) is -0.228. The molecule has 0 saturated carbocycles. The lowest BCUT2D eigenvalue weighted by atomic mass is 10.1. The number of amides is 1. The van der Waals surface area contributed by atoms with E-state index in [4.69, 9.17) is 0 Å². The van der Waals surface area contributed by atoms with Gasteiger partial charge in [-0.2, -0.15) is 4.31 Å². The summed E-state index contributed by atoms with van der Waals surface area (Å²) in [5.41, 5.74) is 3.58. The molecule has 0 radical (unpaired) electrons. The molecular formula is C22H27N5O4S. The Morgan fingerprint density at radius 1 is 0.969 bits per heavy atom. The summed E-state index contributed by atoms with van der Waals surface area (Å²) >= 11 is 0. The van der Waals surface area contributed by atoms with Gasteiger partial charge in [0, 0.05) is 58.1 Å². The van der Waals surface area contributed by atoms with Gasteiger partial charge in [-0.05, 0) is 35.9 Å². The molecule has 0 spiro atoms. The zero-order valence-corrected chi connectivity index (χ0v) is 19.2. The number of carbonyl (C=O) groups excluding carboxylic acids is 1. The highest BCUT2D eigenvalue weighted by Crippen LogP contribution is 2.19. The van der Waals surface area contributed by atoms with E-state index >= 15 is 0 Å². The minimum atomic E-state index is -3.15. The van der Waals surface area contributed by atoms with Crippen molar-refractivity contribution < 1.29 is 13.2 Å². The first-order chi connectivity index (χ1) is 15.1. The number of hydrogen-bond acceptors (Lipinski definition) is 5. The van der Waals surface area contributed by atoms with E-state index in [-0.39, 0.29) is 11.6 Å². The molecule has 0 unspecified atom stereocenters. The molecule has 0 atom stereocenters. The Balaban J connectivity index is 1.44. The summed E-state index contributed by atoms with van der Waals surface area (Å²) < 4.78 is 28.0. The fourth-order valence-electron chi connectivity index (χ4n) is 4.08. The molecule has 1 aliphatic heterocycles. The van der Waals surface area contributed by atoms with Crippen LogP contribution in [0, 0.1) is 0 Å². The number of carbonyl (C=O) groups is 1. The number of rotatable bonds is 5. The molecule has 3 aromatic rings. The molecule has 4 rings (SSSR count). The predicted octanol–water partition coefficient (Wildman–Crippen LogP) is 1.21. The van der Waals surface area contributed by atoms with Crippen LogP contribution in [-0.4, -0.2) is 65.1 Å². The molecule has 1 fully saturated rings. The monoisotopic (exact) mass is 457 g/mol. The fourth-order valence-corrected chi connectivity index (χ4v) is 4.90. The van der Waals surface area contributed by atoms with Crippen molar-refractivity contribution in [3.8, 4) is 0 Å². The number of imidazole rings is 1. The molecule has 1 aliphatic rings. The van der Waals surface area contributed by atoms with Crippen LogP contribution >= 0.6 is 0 Å². The average Bonchev–Trinajstić information content (AvgIpc) is 2.97. The highest BCUT2D eigenvalue weighted by Gasteiger charge is 2.23. The largest absolute Gasteiger partial charge is 0.328 e. The predicted molar refractivity (Wildman–Crippen MR) is 124 cm³/mol. The van der Waals surface area contributed by atoms with E-state index in [1.165, 1.54) is 10.6 Å². The number of benzene rings is 2. The Kier molecular flexibility index (Phi) is 5.93. The van der Waals surface area contributed by atoms with Crippen LogP contribution in [0.25, 0.3) is 11.0 Å². The molecule has 1 saturated heterocycles. The van der Waals surface area contributed by atoms with Gasteiger partial charge in [0.1, 0.15) is 0 Å². The highest BCUT2D eigenvalue weighted by atomic mass is 32.2. The third-order valence-electron chi connectivity index (χ3n) is 5.93. The van der Waals surface area contributed by atoms with Crippen molar-refractivity contribution in [1.29, 1.82) is 0 Å². The first-order valence-corrected chi connectivity index (χ1v) is 12.2. The number of nitrogens with zero attached hydrogens (tertiary/aromatic N) is 4. The molecule has 1 aromatic heterocycles. The summed E-state index contributed by atoms with van der Waals surface area (Å²) in [7, 11) is 0.268. The normalized spacial score (nSPS) is 15.8. The molecule has 1 N–H and O–H groups in total. The van der Waals surface area contributed by atoms with Crippen LogP contribution in [0.5, 0.6) is 0 Å². The maximum atomic E-state index is 12.8. The Morgan fingerprint density at radius 2 is 1.66 bits per heavy atom. The van der Waals surface area contributed by atoms with Gasteiger partial charge in [-0.25, -0.2) is 13.2 Å². The molecule has 170 valence electrons. The van der Waals surface area contributed by atoms with Gasteiger partial charge in [0.15, 0.2) is 0 Å². The lowest BCUT2D eigenvalue weighted by molar-refractivity contribution is 0.102. The van der Waals surface area contributed by atoms with E-state index in [0.29, 0.717) is 44.0 Å². The van der Waals surface area contributed by atoms with Crippen LogP contribution in [0.2, 0.25) is 0 Å². The quantitative estimate of drug-likeness (QED) is 0.621. The summed E-state index contributed by atoms with van der Waals surface area (Å²) in [5, 5.41) is 2.91. The SMILES string of the molecule is Cn1c(=O)n(C)c2cc(NC(=O)c3cccc(CN4CCN(S(C)(=O)=O)CC4)c3)ccc21. The average molecular weight is 458 g/mol. The topological polar surface area (TPSA) is 96.7 Å². The van der Waals surface area contributed by atoms with Gasteiger partial charge in [-0.1, -0.05) is 12.1 Å². The number of piperazine rings is 1. The number of sulfonamides is 1. The van der Waals surface area contributed by atoms with Crippen LogP contribution in [-0.2, 0) is 30.7 Å². The Labute approximate surface area is 186 Å². The van der Waals surface area contributed by atoms with Crippen molar-refractivity contribution in [2.75, 3.05) is 37.8 Å². The number of fused-ring (bicyclic) bond motifs is 1. The summed E-state index contributed by atoms with van der Waals surface area (Å²) in [4.78, 5) is 27.1. The zero-order chi connectivity index (χ0) is 23.0. The lowest BCUT2D eigenvalue weighted by Crippen LogP contribution is -2.47. The summed E-state index contributed by atoms with van der Waals surface area (Å²) in [6.07, 6.45) is 1.24. The van der Waals surface area contributed by atoms with Crippen molar-refractivity contribution in [2.45, 2.75) is 6.54 Å². The van der Waals surface area contributed by atoms with Gasteiger partial charge >= 0.3 is 5.69 Å². The third-order valence-corrected chi connectivity index (χ3v) is 7.23. The van der Waals surface area contributed by atoms with Gasteiger partial charge in [0.25, 0.3) is 5.91 Å². The number of hydrogen-bond donors (Lipinski definition) is 1. The molecule has 2 aromatic carbocycles. The second-order valence-corrected chi connectivity index (χ2v) is 10.2. The highest BCUT2D eigenvalue weighted by molar-refractivity contribution is 7.88. The van der Waals surface area contributed by atoms with E-state index in [9.17, 15) is 18.0 Å². The molecule has 1 amide bonds. The summed E-state index contributed by atoms with van der Waals surface area (Å²) in [6, 6.07) is 12.8. The van der Waals surface area contributed by atoms with Crippen LogP contribution in [0.4, 0.5) is 5.69 Å². The van der Waals surface area contributed by atoms with E-state index in [1.54, 1.807) is 41.4 Å². The molecule has 9 nitrogen and oxygen atoms in total. The number of nitrogens with one attached hydrogen (secondary N) is 1. The lowest BCUT2D eigenvalue weighted by Gasteiger charge is -2.33. The Morgan fingerprint density at radius 3 is 2.34 bits per heavy atom. The van der Waals surface area contributed by atoms with Gasteiger partial charge in [0.2, 0.25) is 10.0 Å². The molecular weight excluding hydrogens is 430 g/mol. The maximum absolute atomic E-state index is 12.8. The Hall–Kier alpha value is -2.95. The number of anilines is 1. The number of aromatic nitrogens is 2. The van der Waals surface area contributed by atoms with Crippen molar-refractivity contribution in [3.63, 3.8) is 0 Å². The zero-order valence-electron chi connectivity index (χ0n) is 18.4. The third kappa shape index (κ3) is 4.47. The van der Waals surface area contributed by atoms with Crippen LogP contribution in [0.1, 0.15) is 15.9 Å². The standard InChI is InChI=1S/C22H27N5O4S/c1-24-19-8-7-18(14-20(19)25(2)22(24)29)23-21(28)17-6-4-5-16(13-17)15-26-9-11-27(12-10-26)32(3,30)31/h4-8,13-14H,9-12,15H2,1-3H3,(H,23,28). The first kappa shape index (κ1) is 22.3.